The van der Waals surface area contributed by atoms with Gasteiger partial charge in [-0.2, -0.15) is 12.6 Å². The molecule has 0 heterocycles. The van der Waals surface area contributed by atoms with E-state index in [1.165, 1.54) is 0 Å². The molecule has 0 amide bonds. The summed E-state index contributed by atoms with van der Waals surface area (Å²) in [5, 5.41) is 8.28. The van der Waals surface area contributed by atoms with E-state index in [0.717, 1.165) is 0 Å². The Morgan fingerprint density at radius 2 is 2.20 bits per heavy atom. The zero-order valence-corrected chi connectivity index (χ0v) is 7.02. The molecule has 0 rings (SSSR count). The van der Waals surface area contributed by atoms with Crippen LogP contribution in [0.3, 0.4) is 0 Å². The fourth-order valence-corrected chi connectivity index (χ4v) is 0.380. The number of rotatable bonds is 3. The zero-order chi connectivity index (χ0) is 8.20. The summed E-state index contributed by atoms with van der Waals surface area (Å²) < 4.78 is 3.82. The molecule has 0 aromatic heterocycles. The molecule has 0 unspecified atom stereocenters. The van der Waals surface area contributed by atoms with Crippen LogP contribution in [0, 0.1) is 0 Å². The number of aliphatic hydroxyl groups is 1. The van der Waals surface area contributed by atoms with E-state index in [-0.39, 0.29) is 13.2 Å². The van der Waals surface area contributed by atoms with Gasteiger partial charge in [-0.1, -0.05) is 0 Å². The largest absolute Gasteiger partial charge is 0.462 e. The quantitative estimate of drug-likeness (QED) is 0.463. The zero-order valence-electron chi connectivity index (χ0n) is 6.13. The van der Waals surface area contributed by atoms with Crippen molar-refractivity contribution in [1.29, 1.82) is 0 Å². The fourth-order valence-electron chi connectivity index (χ4n) is 0.315. The topological polar surface area (TPSA) is 46.5 Å². The molecular weight excluding hydrogens is 152 g/mol. The van der Waals surface area contributed by atoms with Crippen molar-refractivity contribution < 1.29 is 14.6 Å². The third kappa shape index (κ3) is 3.74. The Labute approximate surface area is 65.8 Å². The van der Waals surface area contributed by atoms with Crippen molar-refractivity contribution in [3.8, 4) is 0 Å². The third-order valence-corrected chi connectivity index (χ3v) is 1.01. The van der Waals surface area contributed by atoms with E-state index in [9.17, 15) is 4.79 Å². The van der Waals surface area contributed by atoms with Crippen molar-refractivity contribution in [3.63, 3.8) is 0 Å². The van der Waals surface area contributed by atoms with Gasteiger partial charge < -0.3 is 9.84 Å². The van der Waals surface area contributed by atoms with Gasteiger partial charge in [0.1, 0.15) is 11.4 Å². The molecule has 0 aliphatic carbocycles. The number of esters is 1. The molecule has 0 fully saturated rings. The normalized spacial score (nSPS) is 11.2. The molecule has 1 N–H and O–H groups in total. The summed E-state index contributed by atoms with van der Waals surface area (Å²) in [5.41, 5.74) is 0. The highest BCUT2D eigenvalue weighted by molar-refractivity contribution is 7.82. The summed E-state index contributed by atoms with van der Waals surface area (Å²) >= 11 is 3.97. The lowest BCUT2D eigenvalue weighted by atomic mass is 10.2. The standard InChI is InChI=1S/C6H12O3S/c1-6(2,10)5(8)9-4-3-7/h7,10H,3-4H2,1-2H3. The third-order valence-electron chi connectivity index (χ3n) is 0.824. The number of aliphatic hydroxyl groups excluding tert-OH is 1. The van der Waals surface area contributed by atoms with Gasteiger partial charge in [0.2, 0.25) is 0 Å². The average Bonchev–Trinajstić information content (AvgIpc) is 1.80. The van der Waals surface area contributed by atoms with E-state index < -0.39 is 10.7 Å². The minimum Gasteiger partial charge on any atom is -0.462 e. The number of ether oxygens (including phenoxy) is 1. The highest BCUT2D eigenvalue weighted by Crippen LogP contribution is 2.13. The summed E-state index contributed by atoms with van der Waals surface area (Å²) in [6.45, 7) is 3.17. The second-order valence-electron chi connectivity index (χ2n) is 2.42. The summed E-state index contributed by atoms with van der Waals surface area (Å²) in [5.74, 6) is -0.412. The number of hydrogen-bond donors (Lipinski definition) is 2. The summed E-state index contributed by atoms with van der Waals surface area (Å²) in [6, 6.07) is 0. The number of carbonyl (C=O) groups is 1. The Hall–Kier alpha value is -0.220. The molecule has 0 aromatic rings. The van der Waals surface area contributed by atoms with E-state index >= 15 is 0 Å². The first-order valence-corrected chi connectivity index (χ1v) is 3.43. The Balaban J connectivity index is 3.64. The second-order valence-corrected chi connectivity index (χ2v) is 3.54. The summed E-state index contributed by atoms with van der Waals surface area (Å²) in [7, 11) is 0. The Morgan fingerprint density at radius 3 is 2.50 bits per heavy atom. The first kappa shape index (κ1) is 9.78. The molecule has 0 saturated carbocycles. The Kier molecular flexibility index (Phi) is 3.75. The van der Waals surface area contributed by atoms with Gasteiger partial charge in [-0.15, -0.1) is 0 Å². The van der Waals surface area contributed by atoms with Crippen LogP contribution in [0.4, 0.5) is 0 Å². The molecule has 10 heavy (non-hydrogen) atoms. The van der Waals surface area contributed by atoms with Gasteiger partial charge in [0, 0.05) is 0 Å². The molecule has 0 aromatic carbocycles. The van der Waals surface area contributed by atoms with E-state index in [2.05, 4.69) is 17.4 Å². The van der Waals surface area contributed by atoms with Gasteiger partial charge in [-0.25, -0.2) is 0 Å². The van der Waals surface area contributed by atoms with Crippen LogP contribution >= 0.6 is 12.6 Å². The molecule has 4 heteroatoms. The maximum Gasteiger partial charge on any atom is 0.321 e. The van der Waals surface area contributed by atoms with Gasteiger partial charge in [0.05, 0.1) is 6.61 Å². The van der Waals surface area contributed by atoms with Gasteiger partial charge >= 0.3 is 5.97 Å². The molecular formula is C6H12O3S. The minimum absolute atomic E-state index is 0.0445. The van der Waals surface area contributed by atoms with Gasteiger partial charge in [0.25, 0.3) is 0 Å². The second kappa shape index (κ2) is 3.83. The molecule has 0 aliphatic rings. The van der Waals surface area contributed by atoms with Crippen molar-refractivity contribution in [3.05, 3.63) is 0 Å². The van der Waals surface area contributed by atoms with Crippen LogP contribution in [0.15, 0.2) is 0 Å². The molecule has 0 aliphatic heterocycles. The maximum absolute atomic E-state index is 10.8. The van der Waals surface area contributed by atoms with E-state index in [1.54, 1.807) is 13.8 Å². The summed E-state index contributed by atoms with van der Waals surface area (Å²) in [4.78, 5) is 10.8. The van der Waals surface area contributed by atoms with Crippen LogP contribution in [0.2, 0.25) is 0 Å². The SMILES string of the molecule is CC(C)(S)C(=O)OCCO. The van der Waals surface area contributed by atoms with Crippen LogP contribution in [-0.2, 0) is 9.53 Å². The molecule has 3 nitrogen and oxygen atoms in total. The molecule has 60 valence electrons. The number of hydrogen-bond acceptors (Lipinski definition) is 4. The predicted molar refractivity (Wildman–Crippen MR) is 41.1 cm³/mol. The Bertz CT molecular complexity index is 117. The summed E-state index contributed by atoms with van der Waals surface area (Å²) in [6.07, 6.45) is 0. The molecule has 0 bridgehead atoms. The predicted octanol–water partition coefficient (Wildman–Crippen LogP) is 0.230. The van der Waals surface area contributed by atoms with Crippen molar-refractivity contribution in [2.75, 3.05) is 13.2 Å². The highest BCUT2D eigenvalue weighted by Gasteiger charge is 2.23. The van der Waals surface area contributed by atoms with E-state index in [4.69, 9.17) is 5.11 Å². The van der Waals surface area contributed by atoms with Gasteiger partial charge in [-0.05, 0) is 13.8 Å². The molecule has 0 radical (unpaired) electrons. The minimum atomic E-state index is -0.769. The van der Waals surface area contributed by atoms with Crippen LogP contribution in [0.25, 0.3) is 0 Å². The molecule has 0 saturated heterocycles. The number of carbonyl (C=O) groups excluding carboxylic acids is 1. The lowest BCUT2D eigenvalue weighted by molar-refractivity contribution is -0.146. The monoisotopic (exact) mass is 164 g/mol. The first-order valence-electron chi connectivity index (χ1n) is 2.99. The van der Waals surface area contributed by atoms with Crippen LogP contribution < -0.4 is 0 Å². The van der Waals surface area contributed by atoms with Crippen molar-refractivity contribution in [1.82, 2.24) is 0 Å². The van der Waals surface area contributed by atoms with Crippen LogP contribution in [0.1, 0.15) is 13.8 Å². The van der Waals surface area contributed by atoms with E-state index in [1.807, 2.05) is 0 Å². The van der Waals surface area contributed by atoms with E-state index in [0.29, 0.717) is 0 Å². The fraction of sp³-hybridized carbons (Fsp3) is 0.833. The van der Waals surface area contributed by atoms with Gasteiger partial charge in [-0.3, -0.25) is 4.79 Å². The van der Waals surface area contributed by atoms with Crippen molar-refractivity contribution in [2.45, 2.75) is 18.6 Å². The van der Waals surface area contributed by atoms with Crippen molar-refractivity contribution >= 4 is 18.6 Å². The average molecular weight is 164 g/mol. The lowest BCUT2D eigenvalue weighted by Gasteiger charge is -2.14. The molecule has 0 spiro atoms. The maximum atomic E-state index is 10.8. The Morgan fingerprint density at radius 1 is 1.70 bits per heavy atom. The first-order chi connectivity index (χ1) is 4.48. The van der Waals surface area contributed by atoms with Crippen LogP contribution in [-0.4, -0.2) is 29.0 Å². The highest BCUT2D eigenvalue weighted by atomic mass is 32.1. The molecule has 0 atom stereocenters. The van der Waals surface area contributed by atoms with Crippen molar-refractivity contribution in [2.24, 2.45) is 0 Å². The number of thiol groups is 1. The lowest BCUT2D eigenvalue weighted by Crippen LogP contribution is -2.28. The smallest absolute Gasteiger partial charge is 0.321 e. The van der Waals surface area contributed by atoms with Gasteiger partial charge in [0.15, 0.2) is 0 Å². The van der Waals surface area contributed by atoms with Crippen LogP contribution in [0.5, 0.6) is 0 Å².